The maximum absolute atomic E-state index is 12.2. The Bertz CT molecular complexity index is 1240. The standard InChI is InChI=1S/C21H17ClN2O7/c1-30-14-8-10(6-7-13(14)31-9-11-4-2-3-5-12(11)22)15-16(20(26)27)18(23)24-19(25)17(15)21(28)29/h2-8H,9H2,1H3,(H,26,27)(H,28,29)(H3,23,24,25). The second-order valence-electron chi connectivity index (χ2n) is 6.35. The van der Waals surface area contributed by atoms with Crippen molar-refractivity contribution >= 4 is 29.4 Å². The van der Waals surface area contributed by atoms with Crippen LogP contribution >= 0.6 is 11.6 Å². The van der Waals surface area contributed by atoms with E-state index in [2.05, 4.69) is 4.98 Å². The van der Waals surface area contributed by atoms with Gasteiger partial charge in [-0.1, -0.05) is 35.9 Å². The van der Waals surface area contributed by atoms with Crippen LogP contribution in [0.4, 0.5) is 5.82 Å². The molecule has 0 unspecified atom stereocenters. The minimum atomic E-state index is -1.60. The molecule has 1 aromatic heterocycles. The number of nitrogens with one attached hydrogen (secondary N) is 1. The smallest absolute Gasteiger partial charge is 0.342 e. The van der Waals surface area contributed by atoms with Crippen molar-refractivity contribution in [2.45, 2.75) is 6.61 Å². The van der Waals surface area contributed by atoms with Crippen LogP contribution in [0.25, 0.3) is 11.1 Å². The molecule has 0 fully saturated rings. The third-order valence-corrected chi connectivity index (χ3v) is 4.83. The zero-order valence-corrected chi connectivity index (χ0v) is 16.9. The van der Waals surface area contributed by atoms with Crippen LogP contribution in [-0.2, 0) is 6.61 Å². The zero-order valence-electron chi connectivity index (χ0n) is 16.1. The molecule has 0 saturated heterocycles. The van der Waals surface area contributed by atoms with E-state index in [1.807, 2.05) is 6.07 Å². The lowest BCUT2D eigenvalue weighted by Gasteiger charge is -2.15. The van der Waals surface area contributed by atoms with Gasteiger partial charge in [-0.15, -0.1) is 0 Å². The van der Waals surface area contributed by atoms with Crippen LogP contribution in [0, 0.1) is 0 Å². The highest BCUT2D eigenvalue weighted by molar-refractivity contribution is 6.31. The van der Waals surface area contributed by atoms with Crippen LogP contribution in [0.3, 0.4) is 0 Å². The van der Waals surface area contributed by atoms with E-state index in [-0.39, 0.29) is 23.5 Å². The van der Waals surface area contributed by atoms with Crippen molar-refractivity contribution in [3.63, 3.8) is 0 Å². The van der Waals surface area contributed by atoms with Crippen molar-refractivity contribution in [1.29, 1.82) is 0 Å². The molecule has 0 bridgehead atoms. The molecule has 160 valence electrons. The largest absolute Gasteiger partial charge is 0.493 e. The number of aromatic amines is 1. The summed E-state index contributed by atoms with van der Waals surface area (Å²) in [5.41, 5.74) is 3.85. The number of nitrogens with two attached hydrogens (primary N) is 1. The molecule has 9 nitrogen and oxygen atoms in total. The summed E-state index contributed by atoms with van der Waals surface area (Å²) in [6.45, 7) is 0.133. The fraction of sp³-hybridized carbons (Fsp3) is 0.0952. The Balaban J connectivity index is 2.11. The summed E-state index contributed by atoms with van der Waals surface area (Å²) in [7, 11) is 1.36. The average Bonchev–Trinajstić information content (AvgIpc) is 2.71. The minimum absolute atomic E-state index is 0.106. The molecule has 0 radical (unpaired) electrons. The summed E-state index contributed by atoms with van der Waals surface area (Å²) in [5, 5.41) is 19.6. The Kier molecular flexibility index (Phi) is 6.17. The molecular weight excluding hydrogens is 428 g/mol. The summed E-state index contributed by atoms with van der Waals surface area (Å²) >= 11 is 6.13. The number of hydrogen-bond donors (Lipinski definition) is 4. The topological polar surface area (TPSA) is 152 Å². The number of halogens is 1. The van der Waals surface area contributed by atoms with Crippen molar-refractivity contribution in [2.24, 2.45) is 0 Å². The van der Waals surface area contributed by atoms with Crippen molar-refractivity contribution in [3.8, 4) is 22.6 Å². The number of carbonyl (C=O) groups is 2. The van der Waals surface area contributed by atoms with Gasteiger partial charge in [-0.25, -0.2) is 9.59 Å². The van der Waals surface area contributed by atoms with Gasteiger partial charge in [-0.05, 0) is 23.8 Å². The van der Waals surface area contributed by atoms with Crippen LogP contribution in [0.1, 0.15) is 26.3 Å². The molecule has 0 saturated carbocycles. The molecule has 0 amide bonds. The Morgan fingerprint density at radius 3 is 2.35 bits per heavy atom. The van der Waals surface area contributed by atoms with Crippen molar-refractivity contribution < 1.29 is 29.3 Å². The monoisotopic (exact) mass is 444 g/mol. The lowest BCUT2D eigenvalue weighted by molar-refractivity contribution is 0.0695. The van der Waals surface area contributed by atoms with E-state index in [0.717, 1.165) is 5.56 Å². The molecule has 31 heavy (non-hydrogen) atoms. The van der Waals surface area contributed by atoms with Gasteiger partial charge in [0.1, 0.15) is 23.6 Å². The molecule has 0 spiro atoms. The summed E-state index contributed by atoms with van der Waals surface area (Å²) in [5.74, 6) is -3.06. The number of rotatable bonds is 7. The number of hydrogen-bond acceptors (Lipinski definition) is 6. The highest BCUT2D eigenvalue weighted by Crippen LogP contribution is 2.36. The molecule has 0 aliphatic heterocycles. The van der Waals surface area contributed by atoms with Crippen molar-refractivity contribution in [1.82, 2.24) is 4.98 Å². The number of anilines is 1. The van der Waals surface area contributed by atoms with Crippen LogP contribution in [0.2, 0.25) is 5.02 Å². The van der Waals surface area contributed by atoms with E-state index >= 15 is 0 Å². The van der Waals surface area contributed by atoms with Gasteiger partial charge in [0.25, 0.3) is 5.56 Å². The highest BCUT2D eigenvalue weighted by atomic mass is 35.5. The van der Waals surface area contributed by atoms with E-state index in [0.29, 0.717) is 10.8 Å². The van der Waals surface area contributed by atoms with Gasteiger partial charge in [-0.2, -0.15) is 0 Å². The third kappa shape index (κ3) is 4.31. The minimum Gasteiger partial charge on any atom is -0.493 e. The number of carboxylic acid groups (broad SMARTS) is 2. The van der Waals surface area contributed by atoms with Gasteiger partial charge >= 0.3 is 11.9 Å². The highest BCUT2D eigenvalue weighted by Gasteiger charge is 2.27. The first-order valence-electron chi connectivity index (χ1n) is 8.81. The van der Waals surface area contributed by atoms with Gasteiger partial charge in [0, 0.05) is 16.1 Å². The second-order valence-corrected chi connectivity index (χ2v) is 6.76. The molecule has 1 heterocycles. The molecule has 5 N–H and O–H groups in total. The number of ether oxygens (including phenoxy) is 2. The summed E-state index contributed by atoms with van der Waals surface area (Å²) < 4.78 is 11.1. The van der Waals surface area contributed by atoms with E-state index < -0.39 is 34.4 Å². The molecule has 3 rings (SSSR count). The molecule has 0 atom stereocenters. The van der Waals surface area contributed by atoms with Crippen LogP contribution in [0.5, 0.6) is 11.5 Å². The molecule has 2 aromatic carbocycles. The Hall–Kier alpha value is -3.98. The molecular formula is C21H17ClN2O7. The number of aromatic carboxylic acids is 2. The maximum Gasteiger partial charge on any atom is 0.342 e. The molecule has 0 aliphatic carbocycles. The second kappa shape index (κ2) is 8.80. The number of H-pyrrole nitrogens is 1. The van der Waals surface area contributed by atoms with Crippen LogP contribution in [0.15, 0.2) is 47.3 Å². The number of benzene rings is 2. The molecule has 10 heteroatoms. The van der Waals surface area contributed by atoms with Gasteiger partial charge in [-0.3, -0.25) is 4.79 Å². The first-order valence-corrected chi connectivity index (χ1v) is 9.19. The van der Waals surface area contributed by atoms with Gasteiger partial charge < -0.3 is 30.4 Å². The first kappa shape index (κ1) is 21.7. The predicted octanol–water partition coefficient (Wildman–Crippen LogP) is 3.26. The van der Waals surface area contributed by atoms with Gasteiger partial charge in [0.05, 0.1) is 7.11 Å². The van der Waals surface area contributed by atoms with E-state index in [9.17, 15) is 24.6 Å². The summed E-state index contributed by atoms with van der Waals surface area (Å²) in [6, 6.07) is 11.4. The Morgan fingerprint density at radius 2 is 1.74 bits per heavy atom. The van der Waals surface area contributed by atoms with E-state index in [4.69, 9.17) is 26.8 Å². The zero-order chi connectivity index (χ0) is 22.7. The number of nitrogen functional groups attached to an aromatic ring is 1. The van der Waals surface area contributed by atoms with Gasteiger partial charge in [0.2, 0.25) is 0 Å². The average molecular weight is 445 g/mol. The molecule has 3 aromatic rings. The van der Waals surface area contributed by atoms with Crippen molar-refractivity contribution in [3.05, 3.63) is 74.5 Å². The summed E-state index contributed by atoms with van der Waals surface area (Å²) in [6.07, 6.45) is 0. The number of aromatic nitrogens is 1. The van der Waals surface area contributed by atoms with E-state index in [1.54, 1.807) is 18.2 Å². The summed E-state index contributed by atoms with van der Waals surface area (Å²) in [4.78, 5) is 37.7. The predicted molar refractivity (Wildman–Crippen MR) is 113 cm³/mol. The normalized spacial score (nSPS) is 10.5. The lowest BCUT2D eigenvalue weighted by atomic mass is 9.95. The Labute approximate surface area is 180 Å². The SMILES string of the molecule is COc1cc(-c2c(C(=O)O)c(N)[nH]c(=O)c2C(=O)O)ccc1OCc1ccccc1Cl. The third-order valence-electron chi connectivity index (χ3n) is 4.47. The van der Waals surface area contributed by atoms with Crippen molar-refractivity contribution in [2.75, 3.05) is 12.8 Å². The molecule has 0 aliphatic rings. The number of methoxy groups -OCH3 is 1. The van der Waals surface area contributed by atoms with Gasteiger partial charge in [0.15, 0.2) is 11.5 Å². The fourth-order valence-electron chi connectivity index (χ4n) is 3.05. The fourth-order valence-corrected chi connectivity index (χ4v) is 3.24. The first-order chi connectivity index (χ1) is 14.7. The lowest BCUT2D eigenvalue weighted by Crippen LogP contribution is -2.24. The van der Waals surface area contributed by atoms with Crippen LogP contribution < -0.4 is 20.8 Å². The Morgan fingerprint density at radius 1 is 1.06 bits per heavy atom. The number of pyridine rings is 1. The maximum atomic E-state index is 12.2. The quantitative estimate of drug-likeness (QED) is 0.433. The number of carboxylic acids is 2. The van der Waals surface area contributed by atoms with E-state index in [1.165, 1.54) is 25.3 Å². The van der Waals surface area contributed by atoms with Crippen LogP contribution in [-0.4, -0.2) is 34.2 Å².